The monoisotopic (exact) mass is 325 g/mol. The number of hydrogen-bond acceptors (Lipinski definition) is 3. The molecule has 126 valence electrons. The fourth-order valence-corrected chi connectivity index (χ4v) is 3.64. The molecule has 2 unspecified atom stereocenters. The highest BCUT2D eigenvalue weighted by Crippen LogP contribution is 2.42. The van der Waals surface area contributed by atoms with Gasteiger partial charge >= 0.3 is 6.18 Å². The lowest BCUT2D eigenvalue weighted by Crippen LogP contribution is -2.51. The quantitative estimate of drug-likeness (QED) is 0.805. The van der Waals surface area contributed by atoms with Gasteiger partial charge in [0.2, 0.25) is 0 Å². The molecule has 1 fully saturated rings. The Labute approximate surface area is 134 Å². The lowest BCUT2D eigenvalue weighted by atomic mass is 9.74. The minimum atomic E-state index is -4.21. The Balaban J connectivity index is 1.97. The molecule has 2 N–H and O–H groups in total. The summed E-state index contributed by atoms with van der Waals surface area (Å²) in [4.78, 5) is 6.38. The van der Waals surface area contributed by atoms with Crippen LogP contribution in [-0.4, -0.2) is 42.0 Å². The number of hydrogen-bond donors (Lipinski definition) is 1. The first-order valence-electron chi connectivity index (χ1n) is 7.94. The van der Waals surface area contributed by atoms with Gasteiger partial charge in [0.25, 0.3) is 0 Å². The highest BCUT2D eigenvalue weighted by atomic mass is 19.4. The number of nitrogens with zero attached hydrogens (tertiary/aromatic N) is 2. The van der Waals surface area contributed by atoms with E-state index >= 15 is 0 Å². The van der Waals surface area contributed by atoms with E-state index in [1.807, 2.05) is 31.2 Å². The standard InChI is InChI=1S/C17H22F3N3/c1-11-5-6-15(14-4-3-7-22-16(11,14)2)23-9-12(17(18,19)20)8-13(21)10-23/h3-7,11-13H,8-10,21H2,1-2H3/t11?,12-,13+,16?/m0/s1. The number of dihydropyridines is 1. The average molecular weight is 325 g/mol. The van der Waals surface area contributed by atoms with E-state index < -0.39 is 23.7 Å². The van der Waals surface area contributed by atoms with E-state index in [1.54, 1.807) is 11.1 Å². The minimum absolute atomic E-state index is 0.00596. The first-order chi connectivity index (χ1) is 10.7. The van der Waals surface area contributed by atoms with Crippen LogP contribution in [0.15, 0.2) is 40.6 Å². The van der Waals surface area contributed by atoms with Crippen LogP contribution in [0.2, 0.25) is 0 Å². The van der Waals surface area contributed by atoms with E-state index in [0.717, 1.165) is 11.3 Å². The van der Waals surface area contributed by atoms with Gasteiger partial charge in [-0.05, 0) is 25.5 Å². The molecule has 3 nitrogen and oxygen atoms in total. The number of rotatable bonds is 1. The molecule has 0 spiro atoms. The number of fused-ring (bicyclic) bond motifs is 1. The topological polar surface area (TPSA) is 41.6 Å². The summed E-state index contributed by atoms with van der Waals surface area (Å²) in [6.45, 7) is 4.51. The number of allylic oxidation sites excluding steroid dienone is 2. The van der Waals surface area contributed by atoms with E-state index in [2.05, 4.69) is 11.9 Å². The molecule has 2 heterocycles. The van der Waals surface area contributed by atoms with Gasteiger partial charge in [-0.25, -0.2) is 0 Å². The first-order valence-corrected chi connectivity index (χ1v) is 7.94. The maximum absolute atomic E-state index is 13.2. The normalized spacial score (nSPS) is 37.3. The Kier molecular flexibility index (Phi) is 3.91. The molecule has 0 amide bonds. The first kappa shape index (κ1) is 16.3. The molecular formula is C17H22F3N3. The highest BCUT2D eigenvalue weighted by molar-refractivity contribution is 5.76. The van der Waals surface area contributed by atoms with Crippen LogP contribution >= 0.6 is 0 Å². The number of halogens is 3. The van der Waals surface area contributed by atoms with Crippen LogP contribution in [0.3, 0.4) is 0 Å². The van der Waals surface area contributed by atoms with Crippen molar-refractivity contribution in [3.63, 3.8) is 0 Å². The second-order valence-electron chi connectivity index (χ2n) is 6.87. The molecule has 1 aliphatic carbocycles. The van der Waals surface area contributed by atoms with Gasteiger partial charge in [-0.3, -0.25) is 4.99 Å². The van der Waals surface area contributed by atoms with Gasteiger partial charge in [0.05, 0.1) is 11.5 Å². The largest absolute Gasteiger partial charge is 0.393 e. The molecule has 1 saturated heterocycles. The third-order valence-electron chi connectivity index (χ3n) is 5.23. The van der Waals surface area contributed by atoms with Crippen molar-refractivity contribution >= 4 is 6.21 Å². The Hall–Kier alpha value is -1.56. The van der Waals surface area contributed by atoms with Crippen LogP contribution in [0.25, 0.3) is 0 Å². The summed E-state index contributed by atoms with van der Waals surface area (Å²) in [5.74, 6) is -1.19. The zero-order valence-electron chi connectivity index (χ0n) is 13.3. The van der Waals surface area contributed by atoms with Crippen LogP contribution in [-0.2, 0) is 0 Å². The second kappa shape index (κ2) is 5.51. The van der Waals surface area contributed by atoms with Crippen molar-refractivity contribution in [3.8, 4) is 0 Å². The molecule has 23 heavy (non-hydrogen) atoms. The second-order valence-corrected chi connectivity index (χ2v) is 6.87. The van der Waals surface area contributed by atoms with E-state index in [-0.39, 0.29) is 18.9 Å². The number of piperidine rings is 1. The molecule has 0 saturated carbocycles. The van der Waals surface area contributed by atoms with E-state index in [9.17, 15) is 13.2 Å². The molecule has 0 bridgehead atoms. The van der Waals surface area contributed by atoms with E-state index in [0.29, 0.717) is 6.54 Å². The lowest BCUT2D eigenvalue weighted by Gasteiger charge is -2.44. The number of nitrogens with two attached hydrogens (primary N) is 1. The van der Waals surface area contributed by atoms with Crippen molar-refractivity contribution in [2.75, 3.05) is 13.1 Å². The smallest absolute Gasteiger partial charge is 0.369 e. The Morgan fingerprint density at radius 3 is 2.74 bits per heavy atom. The van der Waals surface area contributed by atoms with Gasteiger partial charge < -0.3 is 10.6 Å². The molecule has 0 radical (unpaired) electrons. The predicted molar refractivity (Wildman–Crippen MR) is 85.1 cm³/mol. The molecule has 0 aromatic heterocycles. The van der Waals surface area contributed by atoms with Gasteiger partial charge in [-0.2, -0.15) is 13.2 Å². The maximum Gasteiger partial charge on any atom is 0.393 e. The van der Waals surface area contributed by atoms with Crippen LogP contribution in [0.5, 0.6) is 0 Å². The SMILES string of the molecule is CC1C=CC(N2C[C@H](N)C[C@H](C(F)(F)F)C2)=C2C=CC=NC21C. The van der Waals surface area contributed by atoms with Crippen molar-refractivity contribution in [2.45, 2.75) is 38.0 Å². The third-order valence-corrected chi connectivity index (χ3v) is 5.23. The van der Waals surface area contributed by atoms with E-state index in [1.165, 1.54) is 0 Å². The van der Waals surface area contributed by atoms with Crippen molar-refractivity contribution in [1.29, 1.82) is 0 Å². The summed E-state index contributed by atoms with van der Waals surface area (Å²) in [6.07, 6.45) is 5.30. The molecule has 3 aliphatic rings. The fraction of sp³-hybridized carbons (Fsp3) is 0.588. The van der Waals surface area contributed by atoms with Gasteiger partial charge in [-0.15, -0.1) is 0 Å². The third kappa shape index (κ3) is 2.84. The van der Waals surface area contributed by atoms with Crippen LogP contribution < -0.4 is 5.73 Å². The van der Waals surface area contributed by atoms with Crippen molar-refractivity contribution in [3.05, 3.63) is 35.6 Å². The van der Waals surface area contributed by atoms with Crippen molar-refractivity contribution in [2.24, 2.45) is 22.6 Å². The van der Waals surface area contributed by atoms with Crippen LogP contribution in [0.4, 0.5) is 13.2 Å². The summed E-state index contributed by atoms with van der Waals surface area (Å²) in [5.41, 5.74) is 7.29. The van der Waals surface area contributed by atoms with Crippen LogP contribution in [0.1, 0.15) is 20.3 Å². The minimum Gasteiger partial charge on any atom is -0.369 e. The Morgan fingerprint density at radius 1 is 1.30 bits per heavy atom. The molecule has 2 aliphatic heterocycles. The predicted octanol–water partition coefficient (Wildman–Crippen LogP) is 3.06. The lowest BCUT2D eigenvalue weighted by molar-refractivity contribution is -0.186. The molecule has 0 aromatic rings. The average Bonchev–Trinajstić information content (AvgIpc) is 2.47. The molecule has 0 aromatic carbocycles. The number of aliphatic imine (C=N–C) groups is 1. The van der Waals surface area contributed by atoms with Gasteiger partial charge in [-0.1, -0.05) is 19.1 Å². The van der Waals surface area contributed by atoms with E-state index in [4.69, 9.17) is 5.73 Å². The summed E-state index contributed by atoms with van der Waals surface area (Å²) >= 11 is 0. The number of likely N-dealkylation sites (tertiary alicyclic amines) is 1. The zero-order chi connectivity index (χ0) is 16.8. The summed E-state index contributed by atoms with van der Waals surface area (Å²) in [6, 6.07) is -0.474. The molecule has 6 heteroatoms. The highest BCUT2D eigenvalue weighted by Gasteiger charge is 2.45. The van der Waals surface area contributed by atoms with Gasteiger partial charge in [0.15, 0.2) is 0 Å². The van der Waals surface area contributed by atoms with Crippen molar-refractivity contribution in [1.82, 2.24) is 4.90 Å². The summed E-state index contributed by atoms with van der Waals surface area (Å²) in [7, 11) is 0. The molecular weight excluding hydrogens is 303 g/mol. The van der Waals surface area contributed by atoms with Gasteiger partial charge in [0, 0.05) is 42.5 Å². The summed E-state index contributed by atoms with van der Waals surface area (Å²) in [5, 5.41) is 0. The Morgan fingerprint density at radius 2 is 2.04 bits per heavy atom. The number of alkyl halides is 3. The summed E-state index contributed by atoms with van der Waals surface area (Å²) < 4.78 is 39.5. The maximum atomic E-state index is 13.2. The Bertz CT molecular complexity index is 603. The van der Waals surface area contributed by atoms with Gasteiger partial charge in [0.1, 0.15) is 0 Å². The zero-order valence-corrected chi connectivity index (χ0v) is 13.3. The molecule has 4 atom stereocenters. The molecule has 3 rings (SSSR count). The van der Waals surface area contributed by atoms with Crippen LogP contribution in [0, 0.1) is 11.8 Å². The fourth-order valence-electron chi connectivity index (χ4n) is 3.64. The van der Waals surface area contributed by atoms with Crippen molar-refractivity contribution < 1.29 is 13.2 Å².